The predicted octanol–water partition coefficient (Wildman–Crippen LogP) is 5.27. The van der Waals surface area contributed by atoms with Crippen molar-refractivity contribution in [2.24, 2.45) is 5.92 Å². The van der Waals surface area contributed by atoms with Gasteiger partial charge in [-0.25, -0.2) is 4.31 Å². The van der Waals surface area contributed by atoms with Crippen molar-refractivity contribution < 1.29 is 23.4 Å². The third kappa shape index (κ3) is 5.11. The van der Waals surface area contributed by atoms with Crippen molar-refractivity contribution in [2.75, 3.05) is 32.8 Å². The van der Waals surface area contributed by atoms with Gasteiger partial charge in [-0.05, 0) is 69.0 Å². The highest BCUT2D eigenvalue weighted by atomic mass is 35.5. The molecular weight excluding hydrogens is 476 g/mol. The monoisotopic (exact) mass is 506 g/mol. The molecule has 2 aromatic rings. The van der Waals surface area contributed by atoms with E-state index in [1.807, 2.05) is 25.1 Å². The molecule has 2 atom stereocenters. The fourth-order valence-corrected chi connectivity index (χ4v) is 6.72. The Bertz CT molecular complexity index is 1040. The minimum atomic E-state index is -3.33. The molecule has 1 saturated heterocycles. The van der Waals surface area contributed by atoms with Crippen LogP contribution in [0.25, 0.3) is 0 Å². The van der Waals surface area contributed by atoms with E-state index in [1.54, 1.807) is 6.07 Å². The minimum Gasteiger partial charge on any atom is -0.466 e. The molecule has 0 bridgehead atoms. The maximum absolute atomic E-state index is 12.7. The number of unbranched alkanes of at least 4 members (excludes halogenated alkanes) is 1. The number of rotatable bonds is 8. The number of carbonyl (C=O) groups excluding carboxylic acids is 2. The van der Waals surface area contributed by atoms with Gasteiger partial charge in [-0.1, -0.05) is 52.7 Å². The average Bonchev–Trinajstić information content (AvgIpc) is 3.02. The molecule has 2 N–H and O–H groups in total. The molecule has 1 fully saturated rings. The lowest BCUT2D eigenvalue weighted by Gasteiger charge is -2.38. The number of halogens is 1. The summed E-state index contributed by atoms with van der Waals surface area (Å²) in [6.07, 6.45) is 2.25. The molecule has 1 amide bonds. The first kappa shape index (κ1) is 25.0. The Morgan fingerprint density at radius 2 is 1.88 bits per heavy atom. The summed E-state index contributed by atoms with van der Waals surface area (Å²) in [5.41, 5.74) is 1.42. The van der Waals surface area contributed by atoms with Gasteiger partial charge < -0.3 is 9.64 Å². The van der Waals surface area contributed by atoms with Gasteiger partial charge in [-0.3, -0.25) is 18.7 Å². The molecule has 2 aliphatic rings. The van der Waals surface area contributed by atoms with E-state index < -0.39 is 16.7 Å². The molecule has 0 spiro atoms. The number of piperidine rings is 1. The molecule has 2 aromatic carbocycles. The Morgan fingerprint density at radius 3 is 2.62 bits per heavy atom. The van der Waals surface area contributed by atoms with Gasteiger partial charge in [0.2, 0.25) is 0 Å². The molecule has 0 radical (unpaired) electrons. The highest BCUT2D eigenvalue weighted by Gasteiger charge is 2.41. The number of amides is 1. The first-order chi connectivity index (χ1) is 16.3. The predicted molar refractivity (Wildman–Crippen MR) is 133 cm³/mol. The van der Waals surface area contributed by atoms with Gasteiger partial charge in [0.05, 0.1) is 23.0 Å². The average molecular weight is 507 g/mol. The van der Waals surface area contributed by atoms with Crippen LogP contribution in [0.2, 0.25) is 5.02 Å². The third-order valence-electron chi connectivity index (χ3n) is 6.60. The van der Waals surface area contributed by atoms with Crippen LogP contribution in [0.15, 0.2) is 53.4 Å². The second kappa shape index (κ2) is 10.7. The van der Waals surface area contributed by atoms with Crippen LogP contribution in [0.5, 0.6) is 0 Å². The SMILES string of the molecule is CCOC(=O)C1CN(CCCCN2C(=O)c3cc(Cl)ccc3S2(O)O)CCC1c1ccccc1. The first-order valence-corrected chi connectivity index (χ1v) is 13.5. The van der Waals surface area contributed by atoms with E-state index in [0.29, 0.717) is 24.6 Å². The van der Waals surface area contributed by atoms with E-state index in [1.165, 1.54) is 12.1 Å². The Balaban J connectivity index is 1.33. The Hall–Kier alpha value is -2.10. The van der Waals surface area contributed by atoms with Crippen LogP contribution in [0.3, 0.4) is 0 Å². The zero-order valence-electron chi connectivity index (χ0n) is 19.2. The van der Waals surface area contributed by atoms with Crippen molar-refractivity contribution in [1.29, 1.82) is 0 Å². The Kier molecular flexibility index (Phi) is 7.84. The lowest BCUT2D eigenvalue weighted by Crippen LogP contribution is -2.44. The fourth-order valence-electron chi connectivity index (χ4n) is 4.91. The van der Waals surface area contributed by atoms with Crippen LogP contribution in [-0.4, -0.2) is 63.0 Å². The van der Waals surface area contributed by atoms with Gasteiger partial charge in [0.1, 0.15) is 0 Å². The number of carbonyl (C=O) groups is 2. The molecule has 2 aliphatic heterocycles. The van der Waals surface area contributed by atoms with Crippen LogP contribution in [0, 0.1) is 5.92 Å². The molecule has 2 heterocycles. The summed E-state index contributed by atoms with van der Waals surface area (Å²) in [5.74, 6) is -0.642. The van der Waals surface area contributed by atoms with Gasteiger partial charge in [-0.15, -0.1) is 0 Å². The zero-order valence-corrected chi connectivity index (χ0v) is 20.8. The third-order valence-corrected chi connectivity index (χ3v) is 8.74. The van der Waals surface area contributed by atoms with Gasteiger partial charge in [0.15, 0.2) is 0 Å². The highest BCUT2D eigenvalue weighted by molar-refractivity contribution is 8.23. The normalized spacial score (nSPS) is 22.9. The van der Waals surface area contributed by atoms with Gasteiger partial charge >= 0.3 is 5.97 Å². The molecule has 0 aliphatic carbocycles. The summed E-state index contributed by atoms with van der Waals surface area (Å²) in [5, 5.41) is 0.388. The minimum absolute atomic E-state index is 0.136. The van der Waals surface area contributed by atoms with Gasteiger partial charge in [-0.2, -0.15) is 0 Å². The van der Waals surface area contributed by atoms with Crippen LogP contribution in [0.1, 0.15) is 48.0 Å². The van der Waals surface area contributed by atoms with E-state index >= 15 is 0 Å². The van der Waals surface area contributed by atoms with Crippen molar-refractivity contribution in [3.63, 3.8) is 0 Å². The summed E-state index contributed by atoms with van der Waals surface area (Å²) < 4.78 is 27.8. The van der Waals surface area contributed by atoms with Crippen molar-refractivity contribution >= 4 is 34.3 Å². The van der Waals surface area contributed by atoms with Gasteiger partial charge in [0, 0.05) is 18.1 Å². The number of ether oxygens (including phenoxy) is 1. The smallest absolute Gasteiger partial charge is 0.310 e. The molecule has 184 valence electrons. The van der Waals surface area contributed by atoms with Crippen molar-refractivity contribution in [1.82, 2.24) is 9.21 Å². The first-order valence-electron chi connectivity index (χ1n) is 11.7. The maximum Gasteiger partial charge on any atom is 0.310 e. The van der Waals surface area contributed by atoms with Crippen LogP contribution in [-0.2, 0) is 9.53 Å². The summed E-state index contributed by atoms with van der Waals surface area (Å²) in [7, 11) is -3.33. The Morgan fingerprint density at radius 1 is 1.15 bits per heavy atom. The highest BCUT2D eigenvalue weighted by Crippen LogP contribution is 2.58. The number of hydrogen-bond donors (Lipinski definition) is 2. The quantitative estimate of drug-likeness (QED) is 0.374. The van der Waals surface area contributed by atoms with E-state index in [-0.39, 0.29) is 34.8 Å². The molecular formula is C25H31ClN2O5S. The van der Waals surface area contributed by atoms with E-state index in [4.69, 9.17) is 16.3 Å². The number of benzene rings is 2. The molecule has 2 unspecified atom stereocenters. The van der Waals surface area contributed by atoms with Crippen LogP contribution in [0.4, 0.5) is 0 Å². The van der Waals surface area contributed by atoms with E-state index in [2.05, 4.69) is 17.0 Å². The van der Waals surface area contributed by atoms with E-state index in [0.717, 1.165) is 35.8 Å². The van der Waals surface area contributed by atoms with Crippen LogP contribution >= 0.6 is 22.4 Å². The van der Waals surface area contributed by atoms with Crippen LogP contribution < -0.4 is 0 Å². The molecule has 7 nitrogen and oxygen atoms in total. The Labute approximate surface area is 207 Å². The fraction of sp³-hybridized carbons (Fsp3) is 0.440. The topological polar surface area (TPSA) is 90.3 Å². The number of esters is 1. The second-order valence-electron chi connectivity index (χ2n) is 8.74. The summed E-state index contributed by atoms with van der Waals surface area (Å²) in [6, 6.07) is 14.7. The molecule has 34 heavy (non-hydrogen) atoms. The summed E-state index contributed by atoms with van der Waals surface area (Å²) in [4.78, 5) is 27.9. The lowest BCUT2D eigenvalue weighted by atomic mass is 9.80. The van der Waals surface area contributed by atoms with Crippen molar-refractivity contribution in [2.45, 2.75) is 37.0 Å². The number of fused-ring (bicyclic) bond motifs is 1. The maximum atomic E-state index is 12.7. The zero-order chi connectivity index (χ0) is 24.3. The summed E-state index contributed by atoms with van der Waals surface area (Å²) in [6.45, 7) is 4.69. The molecule has 9 heteroatoms. The van der Waals surface area contributed by atoms with Crippen molar-refractivity contribution in [3.05, 3.63) is 64.7 Å². The van der Waals surface area contributed by atoms with Crippen molar-refractivity contribution in [3.8, 4) is 0 Å². The second-order valence-corrected chi connectivity index (χ2v) is 11.1. The molecule has 4 rings (SSSR count). The standard InChI is InChI=1S/C25H31ClN2O5S/c1-2-33-25(30)22-17-27(15-12-20(22)18-8-4-3-5-9-18)13-6-7-14-28-24(29)21-16-19(26)10-11-23(21)34(28,31)32/h3-5,8-11,16,20,22,31-32H,2,6-7,12-15,17H2,1H3. The van der Waals surface area contributed by atoms with E-state index in [9.17, 15) is 18.7 Å². The number of hydrogen-bond acceptors (Lipinski definition) is 6. The lowest BCUT2D eigenvalue weighted by molar-refractivity contribution is -0.150. The molecule has 0 saturated carbocycles. The largest absolute Gasteiger partial charge is 0.466 e. The number of nitrogens with zero attached hydrogens (tertiary/aromatic N) is 2. The summed E-state index contributed by atoms with van der Waals surface area (Å²) >= 11 is 5.98. The number of likely N-dealkylation sites (tertiary alicyclic amines) is 1. The van der Waals surface area contributed by atoms with Gasteiger partial charge in [0.25, 0.3) is 5.91 Å². The molecule has 0 aromatic heterocycles.